The van der Waals surface area contributed by atoms with E-state index in [2.05, 4.69) is 37.2 Å². The van der Waals surface area contributed by atoms with Gasteiger partial charge in [0, 0.05) is 19.1 Å². The molecule has 1 N–H and O–H groups in total. The lowest BCUT2D eigenvalue weighted by Gasteiger charge is -2.37. The van der Waals surface area contributed by atoms with Gasteiger partial charge < -0.3 is 9.73 Å². The molecule has 1 fully saturated rings. The van der Waals surface area contributed by atoms with E-state index in [9.17, 15) is 0 Å². The van der Waals surface area contributed by atoms with E-state index in [0.29, 0.717) is 5.41 Å². The summed E-state index contributed by atoms with van der Waals surface area (Å²) >= 11 is 0. The summed E-state index contributed by atoms with van der Waals surface area (Å²) in [6, 6.07) is 4.85. The topological polar surface area (TPSA) is 28.4 Å². The molecule has 0 aromatic carbocycles. The van der Waals surface area contributed by atoms with Gasteiger partial charge >= 0.3 is 0 Å². The van der Waals surface area contributed by atoms with E-state index in [-0.39, 0.29) is 0 Å². The van der Waals surface area contributed by atoms with Crippen LogP contribution in [0.15, 0.2) is 22.8 Å². The van der Waals surface area contributed by atoms with Crippen LogP contribution in [-0.4, -0.2) is 31.1 Å². The minimum atomic E-state index is 0.393. The molecule has 0 saturated heterocycles. The molecule has 0 bridgehead atoms. The quantitative estimate of drug-likeness (QED) is 0.742. The summed E-state index contributed by atoms with van der Waals surface area (Å²) in [6.07, 6.45) is 6.94. The van der Waals surface area contributed by atoms with Gasteiger partial charge in [0.2, 0.25) is 0 Å². The standard InChI is InChI=1S/C16H28N2O/c1-4-16(5-2,12-17-3)13-18(14-8-9-14)11-15-7-6-10-19-15/h6-7,10,14,17H,4-5,8-9,11-13H2,1-3H3. The van der Waals surface area contributed by atoms with Gasteiger partial charge in [0.05, 0.1) is 12.8 Å². The van der Waals surface area contributed by atoms with Crippen LogP contribution in [0.4, 0.5) is 0 Å². The summed E-state index contributed by atoms with van der Waals surface area (Å²) in [7, 11) is 2.06. The summed E-state index contributed by atoms with van der Waals surface area (Å²) in [5, 5.41) is 3.38. The molecule has 0 amide bonds. The van der Waals surface area contributed by atoms with Crippen LogP contribution in [0.3, 0.4) is 0 Å². The summed E-state index contributed by atoms with van der Waals surface area (Å²) in [5.41, 5.74) is 0.393. The van der Waals surface area contributed by atoms with Crippen molar-refractivity contribution >= 4 is 0 Å². The van der Waals surface area contributed by atoms with Crippen LogP contribution in [0.2, 0.25) is 0 Å². The predicted molar refractivity (Wildman–Crippen MR) is 79.1 cm³/mol. The number of nitrogens with zero attached hydrogens (tertiary/aromatic N) is 1. The Balaban J connectivity index is 2.02. The van der Waals surface area contributed by atoms with Gasteiger partial charge in [-0.15, -0.1) is 0 Å². The third-order valence-corrected chi connectivity index (χ3v) is 4.59. The Hall–Kier alpha value is -0.800. The van der Waals surface area contributed by atoms with E-state index in [1.165, 1.54) is 32.2 Å². The molecule has 1 saturated carbocycles. The van der Waals surface area contributed by atoms with E-state index < -0.39 is 0 Å². The lowest BCUT2D eigenvalue weighted by molar-refractivity contribution is 0.117. The summed E-state index contributed by atoms with van der Waals surface area (Å²) in [5.74, 6) is 1.09. The third kappa shape index (κ3) is 3.83. The van der Waals surface area contributed by atoms with Crippen molar-refractivity contribution < 1.29 is 4.42 Å². The van der Waals surface area contributed by atoms with Crippen molar-refractivity contribution in [3.8, 4) is 0 Å². The second-order valence-electron chi connectivity index (χ2n) is 5.95. The average Bonchev–Trinajstić information content (AvgIpc) is 3.16. The Bertz CT molecular complexity index is 353. The highest BCUT2D eigenvalue weighted by atomic mass is 16.3. The molecule has 0 radical (unpaired) electrons. The largest absolute Gasteiger partial charge is 0.468 e. The molecule has 0 aliphatic heterocycles. The molecular formula is C16H28N2O. The van der Waals surface area contributed by atoms with Gasteiger partial charge in [-0.2, -0.15) is 0 Å². The van der Waals surface area contributed by atoms with Crippen molar-refractivity contribution in [3.63, 3.8) is 0 Å². The Morgan fingerprint density at radius 2 is 2.11 bits per heavy atom. The SMILES string of the molecule is CCC(CC)(CNC)CN(Cc1ccco1)C1CC1. The van der Waals surface area contributed by atoms with Crippen LogP contribution in [0.25, 0.3) is 0 Å². The fourth-order valence-electron chi connectivity index (χ4n) is 2.94. The van der Waals surface area contributed by atoms with Crippen molar-refractivity contribution in [1.29, 1.82) is 0 Å². The van der Waals surface area contributed by atoms with Gasteiger partial charge in [-0.05, 0) is 50.3 Å². The summed E-state index contributed by atoms with van der Waals surface area (Å²) in [6.45, 7) is 7.87. The number of hydrogen-bond acceptors (Lipinski definition) is 3. The molecule has 108 valence electrons. The van der Waals surface area contributed by atoms with Crippen molar-refractivity contribution in [3.05, 3.63) is 24.2 Å². The van der Waals surface area contributed by atoms with E-state index >= 15 is 0 Å². The van der Waals surface area contributed by atoms with Gasteiger partial charge in [-0.3, -0.25) is 4.90 Å². The second kappa shape index (κ2) is 6.58. The maximum absolute atomic E-state index is 5.53. The van der Waals surface area contributed by atoms with Gasteiger partial charge in [0.25, 0.3) is 0 Å². The number of nitrogens with one attached hydrogen (secondary N) is 1. The predicted octanol–water partition coefficient (Wildman–Crippen LogP) is 3.27. The Kier molecular flexibility index (Phi) is 5.06. The van der Waals surface area contributed by atoms with Crippen LogP contribution < -0.4 is 5.32 Å². The van der Waals surface area contributed by atoms with Crippen molar-refractivity contribution in [1.82, 2.24) is 10.2 Å². The normalized spacial score (nSPS) is 16.2. The van der Waals surface area contributed by atoms with Crippen molar-refractivity contribution in [2.45, 2.75) is 52.1 Å². The molecule has 0 unspecified atom stereocenters. The van der Waals surface area contributed by atoms with Gasteiger partial charge in [-0.1, -0.05) is 13.8 Å². The first-order valence-corrected chi connectivity index (χ1v) is 7.64. The zero-order chi connectivity index (χ0) is 13.7. The number of furan rings is 1. The van der Waals surface area contributed by atoms with E-state index in [1.54, 1.807) is 6.26 Å². The molecule has 1 heterocycles. The highest BCUT2D eigenvalue weighted by Gasteiger charge is 2.35. The molecule has 2 rings (SSSR count). The van der Waals surface area contributed by atoms with Crippen LogP contribution in [0.1, 0.15) is 45.3 Å². The minimum absolute atomic E-state index is 0.393. The molecule has 1 aromatic rings. The first-order chi connectivity index (χ1) is 9.23. The maximum atomic E-state index is 5.53. The molecule has 0 spiro atoms. The van der Waals surface area contributed by atoms with Crippen LogP contribution in [-0.2, 0) is 6.54 Å². The Labute approximate surface area is 117 Å². The molecule has 1 aromatic heterocycles. The van der Waals surface area contributed by atoms with Gasteiger partial charge in [-0.25, -0.2) is 0 Å². The van der Waals surface area contributed by atoms with E-state index in [0.717, 1.165) is 24.9 Å². The van der Waals surface area contributed by atoms with Crippen molar-refractivity contribution in [2.24, 2.45) is 5.41 Å². The molecule has 1 aliphatic carbocycles. The molecule has 0 atom stereocenters. The fourth-order valence-corrected chi connectivity index (χ4v) is 2.94. The maximum Gasteiger partial charge on any atom is 0.117 e. The highest BCUT2D eigenvalue weighted by Crippen LogP contribution is 2.34. The fraction of sp³-hybridized carbons (Fsp3) is 0.750. The Morgan fingerprint density at radius 1 is 1.37 bits per heavy atom. The van der Waals surface area contributed by atoms with Crippen LogP contribution >= 0.6 is 0 Å². The van der Waals surface area contributed by atoms with Gasteiger partial charge in [0.15, 0.2) is 0 Å². The Morgan fingerprint density at radius 3 is 2.58 bits per heavy atom. The third-order valence-electron chi connectivity index (χ3n) is 4.59. The lowest BCUT2D eigenvalue weighted by Crippen LogP contribution is -2.43. The van der Waals surface area contributed by atoms with Gasteiger partial charge in [0.1, 0.15) is 5.76 Å². The monoisotopic (exact) mass is 264 g/mol. The molecule has 1 aliphatic rings. The first-order valence-electron chi connectivity index (χ1n) is 7.64. The molecular weight excluding hydrogens is 236 g/mol. The number of rotatable bonds is 9. The molecule has 3 nitrogen and oxygen atoms in total. The van der Waals surface area contributed by atoms with E-state index in [1.807, 2.05) is 6.07 Å². The summed E-state index contributed by atoms with van der Waals surface area (Å²) in [4.78, 5) is 2.63. The summed E-state index contributed by atoms with van der Waals surface area (Å²) < 4.78 is 5.53. The first kappa shape index (κ1) is 14.6. The minimum Gasteiger partial charge on any atom is -0.468 e. The highest BCUT2D eigenvalue weighted by molar-refractivity contribution is 5.00. The van der Waals surface area contributed by atoms with Crippen LogP contribution in [0.5, 0.6) is 0 Å². The lowest BCUT2D eigenvalue weighted by atomic mass is 9.81. The second-order valence-corrected chi connectivity index (χ2v) is 5.95. The zero-order valence-electron chi connectivity index (χ0n) is 12.6. The van der Waals surface area contributed by atoms with E-state index in [4.69, 9.17) is 4.42 Å². The smallest absolute Gasteiger partial charge is 0.117 e. The van der Waals surface area contributed by atoms with Crippen molar-refractivity contribution in [2.75, 3.05) is 20.1 Å². The molecule has 19 heavy (non-hydrogen) atoms. The van der Waals surface area contributed by atoms with Crippen LogP contribution in [0, 0.1) is 5.41 Å². The molecule has 3 heteroatoms. The average molecular weight is 264 g/mol. The zero-order valence-corrected chi connectivity index (χ0v) is 12.6. The number of hydrogen-bond donors (Lipinski definition) is 1.